The molecule has 0 heterocycles. The maximum Gasteiger partial charge on any atom is 0.338 e. The second-order valence-corrected chi connectivity index (χ2v) is 6.68. The first-order valence-corrected chi connectivity index (χ1v) is 7.57. The summed E-state index contributed by atoms with van der Waals surface area (Å²) in [5.74, 6) is -2.23. The van der Waals surface area contributed by atoms with E-state index in [-0.39, 0.29) is 5.02 Å². The molecular formula is C11H11Cl2NO6S. The van der Waals surface area contributed by atoms with Gasteiger partial charge in [-0.25, -0.2) is 13.2 Å². The van der Waals surface area contributed by atoms with Gasteiger partial charge in [-0.2, -0.15) is 4.31 Å². The van der Waals surface area contributed by atoms with Gasteiger partial charge in [-0.05, 0) is 12.1 Å². The normalized spacial score (nSPS) is 11.5. The SMILES string of the molecule is COC(=O)CN(C)S(=O)(=O)c1ccc(Cl)c(C(=O)O)c1Cl. The van der Waals surface area contributed by atoms with Gasteiger partial charge in [0.1, 0.15) is 11.4 Å². The van der Waals surface area contributed by atoms with E-state index in [1.807, 2.05) is 0 Å². The summed E-state index contributed by atoms with van der Waals surface area (Å²) in [6, 6.07) is 2.18. The molecule has 0 radical (unpaired) electrons. The Morgan fingerprint density at radius 2 is 1.90 bits per heavy atom. The molecule has 0 saturated heterocycles. The van der Waals surface area contributed by atoms with Crippen LogP contribution in [0.3, 0.4) is 0 Å². The van der Waals surface area contributed by atoms with Crippen LogP contribution in [-0.2, 0) is 19.6 Å². The van der Waals surface area contributed by atoms with E-state index in [0.717, 1.165) is 26.3 Å². The highest BCUT2D eigenvalue weighted by molar-refractivity contribution is 7.89. The molecule has 1 rings (SSSR count). The predicted molar refractivity (Wildman–Crippen MR) is 75.3 cm³/mol. The highest BCUT2D eigenvalue weighted by Crippen LogP contribution is 2.32. The number of hydrogen-bond acceptors (Lipinski definition) is 5. The summed E-state index contributed by atoms with van der Waals surface area (Å²) in [7, 11) is -1.92. The average Bonchev–Trinajstić information content (AvgIpc) is 2.37. The van der Waals surface area contributed by atoms with Crippen LogP contribution in [0.1, 0.15) is 10.4 Å². The summed E-state index contributed by atoms with van der Waals surface area (Å²) < 4.78 is 29.6. The summed E-state index contributed by atoms with van der Waals surface area (Å²) in [5.41, 5.74) is -0.522. The van der Waals surface area contributed by atoms with Gasteiger partial charge in [0.25, 0.3) is 0 Å². The second-order valence-electron chi connectivity index (χ2n) is 3.88. The van der Waals surface area contributed by atoms with Gasteiger partial charge in [0, 0.05) is 7.05 Å². The van der Waals surface area contributed by atoms with Gasteiger partial charge in [0.15, 0.2) is 0 Å². The molecule has 1 aromatic carbocycles. The van der Waals surface area contributed by atoms with Crippen LogP contribution in [0.5, 0.6) is 0 Å². The lowest BCUT2D eigenvalue weighted by Crippen LogP contribution is -2.33. The van der Waals surface area contributed by atoms with Gasteiger partial charge in [-0.3, -0.25) is 4.79 Å². The summed E-state index contributed by atoms with van der Waals surface area (Å²) >= 11 is 11.5. The fourth-order valence-corrected chi connectivity index (χ4v) is 3.43. The standard InChI is InChI=1S/C11H11Cl2NO6S/c1-14(5-8(15)20-2)21(18,19)7-4-3-6(12)9(10(7)13)11(16)17/h3-4H,5H2,1-2H3,(H,16,17). The number of methoxy groups -OCH3 is 1. The van der Waals surface area contributed by atoms with Crippen LogP contribution in [0, 0.1) is 0 Å². The Hall–Kier alpha value is -1.35. The number of sulfonamides is 1. The first-order chi connectivity index (χ1) is 9.62. The van der Waals surface area contributed by atoms with Crippen molar-refractivity contribution < 1.29 is 27.9 Å². The molecule has 0 saturated carbocycles. The van der Waals surface area contributed by atoms with E-state index in [1.54, 1.807) is 0 Å². The Balaban J connectivity index is 3.36. The molecule has 0 aliphatic heterocycles. The third-order valence-corrected chi connectivity index (χ3v) is 5.20. The third-order valence-electron chi connectivity index (χ3n) is 2.54. The summed E-state index contributed by atoms with van der Waals surface area (Å²) in [4.78, 5) is 21.7. The number of aromatic carboxylic acids is 1. The number of carboxylic acids is 1. The van der Waals surface area contributed by atoms with Crippen molar-refractivity contribution in [3.63, 3.8) is 0 Å². The van der Waals surface area contributed by atoms with E-state index in [9.17, 15) is 18.0 Å². The molecule has 0 fully saturated rings. The van der Waals surface area contributed by atoms with E-state index in [0.29, 0.717) is 4.31 Å². The van der Waals surface area contributed by atoms with Crippen molar-refractivity contribution in [2.75, 3.05) is 20.7 Å². The van der Waals surface area contributed by atoms with Crippen LogP contribution >= 0.6 is 23.2 Å². The Morgan fingerprint density at radius 3 is 2.38 bits per heavy atom. The van der Waals surface area contributed by atoms with Gasteiger partial charge in [-0.15, -0.1) is 0 Å². The molecule has 0 aliphatic rings. The van der Waals surface area contributed by atoms with Crippen molar-refractivity contribution in [2.45, 2.75) is 4.90 Å². The Morgan fingerprint density at radius 1 is 1.33 bits per heavy atom. The number of carboxylic acid groups (broad SMARTS) is 1. The number of benzene rings is 1. The lowest BCUT2D eigenvalue weighted by Gasteiger charge is -2.17. The fraction of sp³-hybridized carbons (Fsp3) is 0.273. The number of likely N-dealkylation sites (N-methyl/N-ethyl adjacent to an activating group) is 1. The lowest BCUT2D eigenvalue weighted by molar-refractivity contribution is -0.140. The topological polar surface area (TPSA) is 101 Å². The molecule has 0 aromatic heterocycles. The van der Waals surface area contributed by atoms with Crippen molar-refractivity contribution in [1.29, 1.82) is 0 Å². The minimum atomic E-state index is -4.17. The summed E-state index contributed by atoms with van der Waals surface area (Å²) in [6.07, 6.45) is 0. The number of rotatable bonds is 5. The fourth-order valence-electron chi connectivity index (χ4n) is 1.43. The molecule has 1 aromatic rings. The Bertz CT molecular complexity index is 688. The quantitative estimate of drug-likeness (QED) is 0.802. The monoisotopic (exact) mass is 355 g/mol. The first-order valence-electron chi connectivity index (χ1n) is 5.37. The van der Waals surface area contributed by atoms with Crippen molar-refractivity contribution in [3.05, 3.63) is 27.7 Å². The van der Waals surface area contributed by atoms with E-state index >= 15 is 0 Å². The largest absolute Gasteiger partial charge is 0.478 e. The number of carbonyl (C=O) groups is 2. The number of ether oxygens (including phenoxy) is 1. The predicted octanol–water partition coefficient (Wildman–Crippen LogP) is 1.49. The molecule has 0 aliphatic carbocycles. The van der Waals surface area contributed by atoms with Crippen molar-refractivity contribution in [2.24, 2.45) is 0 Å². The average molecular weight is 356 g/mol. The zero-order valence-electron chi connectivity index (χ0n) is 11.0. The van der Waals surface area contributed by atoms with Gasteiger partial charge in [0.05, 0.1) is 22.7 Å². The number of esters is 1. The van der Waals surface area contributed by atoms with Crippen LogP contribution < -0.4 is 0 Å². The Kier molecular flexibility index (Phi) is 5.57. The molecule has 0 bridgehead atoms. The summed E-state index contributed by atoms with van der Waals surface area (Å²) in [5, 5.41) is 8.29. The molecule has 0 amide bonds. The second kappa shape index (κ2) is 6.61. The van der Waals surface area contributed by atoms with E-state index in [4.69, 9.17) is 28.3 Å². The van der Waals surface area contributed by atoms with Crippen LogP contribution in [0.15, 0.2) is 17.0 Å². The molecule has 1 N–H and O–H groups in total. The summed E-state index contributed by atoms with van der Waals surface area (Å²) in [6.45, 7) is -0.541. The third kappa shape index (κ3) is 3.65. The number of halogens is 2. The van der Waals surface area contributed by atoms with Crippen LogP contribution in [-0.4, -0.2) is 50.5 Å². The molecular weight excluding hydrogens is 345 g/mol. The molecule has 0 spiro atoms. The van der Waals surface area contributed by atoms with Crippen molar-refractivity contribution >= 4 is 45.2 Å². The number of hydrogen-bond donors (Lipinski definition) is 1. The molecule has 21 heavy (non-hydrogen) atoms. The maximum atomic E-state index is 12.3. The maximum absolute atomic E-state index is 12.3. The van der Waals surface area contributed by atoms with Crippen LogP contribution in [0.25, 0.3) is 0 Å². The van der Waals surface area contributed by atoms with Crippen molar-refractivity contribution in [1.82, 2.24) is 4.31 Å². The lowest BCUT2D eigenvalue weighted by atomic mass is 10.2. The minimum absolute atomic E-state index is 0.193. The zero-order valence-corrected chi connectivity index (χ0v) is 13.3. The van der Waals surface area contributed by atoms with E-state index in [1.165, 1.54) is 0 Å². The smallest absolute Gasteiger partial charge is 0.338 e. The van der Waals surface area contributed by atoms with Gasteiger partial charge in [0.2, 0.25) is 10.0 Å². The van der Waals surface area contributed by atoms with E-state index in [2.05, 4.69) is 4.74 Å². The van der Waals surface area contributed by atoms with Crippen LogP contribution in [0.4, 0.5) is 0 Å². The minimum Gasteiger partial charge on any atom is -0.478 e. The van der Waals surface area contributed by atoms with Gasteiger partial charge >= 0.3 is 11.9 Å². The molecule has 10 heteroatoms. The first kappa shape index (κ1) is 17.7. The van der Waals surface area contributed by atoms with Gasteiger partial charge < -0.3 is 9.84 Å². The molecule has 7 nitrogen and oxygen atoms in total. The van der Waals surface area contributed by atoms with Crippen molar-refractivity contribution in [3.8, 4) is 0 Å². The van der Waals surface area contributed by atoms with Crippen LogP contribution in [0.2, 0.25) is 10.0 Å². The number of nitrogens with zero attached hydrogens (tertiary/aromatic N) is 1. The van der Waals surface area contributed by atoms with Gasteiger partial charge in [-0.1, -0.05) is 23.2 Å². The van der Waals surface area contributed by atoms with E-state index < -0.39 is 44.0 Å². The molecule has 0 atom stereocenters. The molecule has 116 valence electrons. The molecule has 0 unspecified atom stereocenters. The highest BCUT2D eigenvalue weighted by Gasteiger charge is 2.29. The highest BCUT2D eigenvalue weighted by atomic mass is 35.5. The zero-order chi connectivity index (χ0) is 16.4. The Labute approximate surface area is 131 Å². The number of carbonyl (C=O) groups excluding carboxylic acids is 1.